The van der Waals surface area contributed by atoms with Crippen molar-refractivity contribution in [3.8, 4) is 0 Å². The van der Waals surface area contributed by atoms with Crippen molar-refractivity contribution < 1.29 is 14.4 Å². The third-order valence-electron chi connectivity index (χ3n) is 1.92. The second-order valence-electron chi connectivity index (χ2n) is 3.19. The third kappa shape index (κ3) is 2.74. The predicted octanol–water partition coefficient (Wildman–Crippen LogP) is 1.12. The molecule has 16 heavy (non-hydrogen) atoms. The highest BCUT2D eigenvalue weighted by atomic mass is 16.2. The summed E-state index contributed by atoms with van der Waals surface area (Å²) in [4.78, 5) is 33.9. The van der Waals surface area contributed by atoms with Crippen molar-refractivity contribution in [1.29, 1.82) is 0 Å². The Balaban J connectivity index is 3.15. The van der Waals surface area contributed by atoms with E-state index in [2.05, 4.69) is 5.32 Å². The molecule has 0 spiro atoms. The number of imide groups is 1. The molecule has 83 valence electrons. The lowest BCUT2D eigenvalue weighted by Gasteiger charge is -2.06. The Bertz CT molecular complexity index is 429. The van der Waals surface area contributed by atoms with Gasteiger partial charge in [0.2, 0.25) is 11.6 Å². The minimum absolute atomic E-state index is 0.262. The molecule has 1 rings (SSSR count). The van der Waals surface area contributed by atoms with Gasteiger partial charge in [-0.15, -0.1) is 0 Å². The summed E-state index contributed by atoms with van der Waals surface area (Å²) in [5, 5.41) is 2.55. The Labute approximate surface area is 93.1 Å². The summed E-state index contributed by atoms with van der Waals surface area (Å²) in [7, 11) is 0. The molecule has 5 nitrogen and oxygen atoms in total. The Morgan fingerprint density at radius 1 is 1.25 bits per heavy atom. The van der Waals surface area contributed by atoms with Crippen LogP contribution in [0.15, 0.2) is 24.3 Å². The van der Waals surface area contributed by atoms with Crippen LogP contribution in [0.2, 0.25) is 0 Å². The quantitative estimate of drug-likeness (QED) is 0.613. The zero-order valence-corrected chi connectivity index (χ0v) is 9.06. The maximum atomic E-state index is 11.2. The van der Waals surface area contributed by atoms with Crippen molar-refractivity contribution in [3.63, 3.8) is 0 Å². The van der Waals surface area contributed by atoms with Gasteiger partial charge in [0.05, 0.1) is 6.92 Å². The van der Waals surface area contributed by atoms with Gasteiger partial charge in [0.15, 0.2) is 0 Å². The zero-order valence-electron chi connectivity index (χ0n) is 9.06. The van der Waals surface area contributed by atoms with Gasteiger partial charge in [-0.2, -0.15) is 0 Å². The molecule has 3 amide bonds. The maximum absolute atomic E-state index is 11.2. The first kappa shape index (κ1) is 12.1. The summed E-state index contributed by atoms with van der Waals surface area (Å²) in [6, 6.07) is 6.59. The van der Waals surface area contributed by atoms with Crippen LogP contribution >= 0.6 is 0 Å². The summed E-state index contributed by atoms with van der Waals surface area (Å²) in [5.41, 5.74) is 0.789. The fourth-order valence-corrected chi connectivity index (χ4v) is 1.28. The first-order valence-corrected chi connectivity index (χ1v) is 4.68. The van der Waals surface area contributed by atoms with Gasteiger partial charge in [0.1, 0.15) is 5.69 Å². The molecule has 0 bridgehead atoms. The molecule has 0 aliphatic rings. The molecule has 0 fully saturated rings. The van der Waals surface area contributed by atoms with Gasteiger partial charge < -0.3 is 5.32 Å². The first-order valence-electron chi connectivity index (χ1n) is 4.68. The normalized spacial score (nSPS) is 9.94. The highest BCUT2D eigenvalue weighted by molar-refractivity contribution is 6.00. The number of nitrogens with one attached hydrogen (secondary N) is 1. The number of amides is 3. The molecule has 1 N–H and O–H groups in total. The monoisotopic (exact) mass is 220 g/mol. The number of benzene rings is 1. The smallest absolute Gasteiger partial charge is 0.321 e. The molecule has 0 aromatic heterocycles. The number of rotatable bonds is 3. The van der Waals surface area contributed by atoms with Crippen LogP contribution in [0, 0.1) is 0 Å². The van der Waals surface area contributed by atoms with E-state index in [0.717, 1.165) is 4.90 Å². The van der Waals surface area contributed by atoms with Crippen molar-refractivity contribution in [2.24, 2.45) is 0 Å². The van der Waals surface area contributed by atoms with Crippen molar-refractivity contribution in [1.82, 2.24) is 4.90 Å². The summed E-state index contributed by atoms with van der Waals surface area (Å²) < 4.78 is 0. The number of carbonyl (C=O) groups excluding carboxylic acids is 3. The summed E-state index contributed by atoms with van der Waals surface area (Å²) >= 11 is 0. The molecule has 0 aliphatic heterocycles. The van der Waals surface area contributed by atoms with Gasteiger partial charge in [0.25, 0.3) is 0 Å². The van der Waals surface area contributed by atoms with Gasteiger partial charge in [-0.25, -0.2) is 9.59 Å². The summed E-state index contributed by atoms with van der Waals surface area (Å²) in [6.45, 7) is 2.63. The van der Waals surface area contributed by atoms with Gasteiger partial charge >= 0.3 is 12.3 Å². The Morgan fingerprint density at radius 2 is 1.88 bits per heavy atom. The van der Waals surface area contributed by atoms with E-state index in [0.29, 0.717) is 17.8 Å². The average molecular weight is 220 g/mol. The fourth-order valence-electron chi connectivity index (χ4n) is 1.28. The second kappa shape index (κ2) is 5.18. The standard InChI is InChI=1S/C11H12N2O3/c1-8(15)12-10-5-3-4-6-11(10)13(7-14)9(2)16/h3-7H,1-2H3,(H,12,15)/q+1. The maximum Gasteiger partial charge on any atom is 0.371 e. The number of carbonyl (C=O) groups is 3. The SMILES string of the molecule is CC(=O)Nc1ccccc1[N+](C=O)C(C)=O. The predicted molar refractivity (Wildman–Crippen MR) is 59.3 cm³/mol. The summed E-state index contributed by atoms with van der Waals surface area (Å²) in [5.74, 6) is -0.672. The van der Waals surface area contributed by atoms with Crippen LogP contribution in [0.25, 0.3) is 0 Å². The van der Waals surface area contributed by atoms with E-state index in [4.69, 9.17) is 0 Å². The van der Waals surface area contributed by atoms with Crippen LogP contribution < -0.4 is 10.2 Å². The number of para-hydroxylation sites is 2. The van der Waals surface area contributed by atoms with Crippen molar-refractivity contribution in [2.45, 2.75) is 13.8 Å². The van der Waals surface area contributed by atoms with Crippen LogP contribution in [0.1, 0.15) is 13.8 Å². The van der Waals surface area contributed by atoms with E-state index >= 15 is 0 Å². The molecule has 5 heteroatoms. The van der Waals surface area contributed by atoms with E-state index < -0.39 is 5.91 Å². The molecule has 1 radical (unpaired) electrons. The minimum atomic E-state index is -0.409. The van der Waals surface area contributed by atoms with E-state index in [-0.39, 0.29) is 5.91 Å². The topological polar surface area (TPSA) is 69.1 Å². The molecule has 0 aliphatic carbocycles. The van der Waals surface area contributed by atoms with Gasteiger partial charge in [-0.3, -0.25) is 4.79 Å². The molecule has 0 saturated carbocycles. The lowest BCUT2D eigenvalue weighted by atomic mass is 10.2. The highest BCUT2D eigenvalue weighted by Crippen LogP contribution is 2.24. The number of hydrogen-bond donors (Lipinski definition) is 1. The number of nitrogens with zero attached hydrogens (tertiary/aromatic N) is 1. The second-order valence-corrected chi connectivity index (χ2v) is 3.19. The first-order chi connectivity index (χ1) is 7.56. The molecule has 0 saturated heterocycles. The molecule has 0 unspecified atom stereocenters. The summed E-state index contributed by atoms with van der Waals surface area (Å²) in [6.07, 6.45) is 0.420. The zero-order chi connectivity index (χ0) is 12.1. The van der Waals surface area contributed by atoms with Crippen LogP contribution in [0.5, 0.6) is 0 Å². The Morgan fingerprint density at radius 3 is 2.38 bits per heavy atom. The minimum Gasteiger partial charge on any atom is -0.321 e. The van der Waals surface area contributed by atoms with Crippen LogP contribution in [0.4, 0.5) is 11.4 Å². The van der Waals surface area contributed by atoms with E-state index in [1.165, 1.54) is 13.8 Å². The van der Waals surface area contributed by atoms with Crippen molar-refractivity contribution >= 4 is 29.6 Å². The molecule has 1 aromatic rings. The Kier molecular flexibility index (Phi) is 3.90. The van der Waals surface area contributed by atoms with E-state index in [1.807, 2.05) is 0 Å². The Hall–Kier alpha value is -2.01. The van der Waals surface area contributed by atoms with Gasteiger partial charge in [-0.05, 0) is 6.07 Å². The lowest BCUT2D eigenvalue weighted by molar-refractivity contribution is -0.127. The van der Waals surface area contributed by atoms with Crippen molar-refractivity contribution in [2.75, 3.05) is 5.32 Å². The van der Waals surface area contributed by atoms with Crippen LogP contribution in [-0.2, 0) is 14.4 Å². The molecular weight excluding hydrogens is 208 g/mol. The fraction of sp³-hybridized carbons (Fsp3) is 0.182. The van der Waals surface area contributed by atoms with Crippen molar-refractivity contribution in [3.05, 3.63) is 24.3 Å². The highest BCUT2D eigenvalue weighted by Gasteiger charge is 2.27. The third-order valence-corrected chi connectivity index (χ3v) is 1.92. The molecular formula is C11H12N2O3+. The molecule has 1 aromatic carbocycles. The van der Waals surface area contributed by atoms with Gasteiger partial charge in [-0.1, -0.05) is 12.1 Å². The number of hydrogen-bond acceptors (Lipinski definition) is 3. The average Bonchev–Trinajstić information content (AvgIpc) is 2.20. The van der Waals surface area contributed by atoms with E-state index in [1.54, 1.807) is 24.3 Å². The lowest BCUT2D eigenvalue weighted by Crippen LogP contribution is -2.29. The molecule has 0 atom stereocenters. The number of anilines is 2. The van der Waals surface area contributed by atoms with Crippen LogP contribution in [0.3, 0.4) is 0 Å². The molecule has 0 heterocycles. The van der Waals surface area contributed by atoms with Gasteiger partial charge in [0, 0.05) is 17.9 Å². The van der Waals surface area contributed by atoms with E-state index in [9.17, 15) is 14.4 Å². The van der Waals surface area contributed by atoms with Crippen LogP contribution in [-0.4, -0.2) is 18.2 Å². The largest absolute Gasteiger partial charge is 0.371 e.